The second-order valence-corrected chi connectivity index (χ2v) is 6.60. The van der Waals surface area contributed by atoms with Crippen molar-refractivity contribution in [2.75, 3.05) is 6.61 Å². The van der Waals surface area contributed by atoms with Crippen LogP contribution >= 0.6 is 9.03 Å². The maximum Gasteiger partial charge on any atom is 0.215 e. The van der Waals surface area contributed by atoms with Crippen molar-refractivity contribution in [2.24, 2.45) is 0 Å². The molecule has 0 fully saturated rings. The van der Waals surface area contributed by atoms with Gasteiger partial charge in [0, 0.05) is 5.56 Å². The van der Waals surface area contributed by atoms with E-state index in [-0.39, 0.29) is 14.4 Å². The van der Waals surface area contributed by atoms with Gasteiger partial charge in [0.05, 0.1) is 6.61 Å². The minimum atomic E-state index is 0.0246. The van der Waals surface area contributed by atoms with Gasteiger partial charge in [-0.1, -0.05) is 57.2 Å². The van der Waals surface area contributed by atoms with Gasteiger partial charge in [-0.15, -0.1) is 0 Å². The van der Waals surface area contributed by atoms with Crippen LogP contribution in [0.5, 0.6) is 5.75 Å². The molecule has 0 N–H and O–H groups in total. The molecule has 2 aromatic carbocycles. The van der Waals surface area contributed by atoms with Gasteiger partial charge >= 0.3 is 0 Å². The lowest BCUT2D eigenvalue weighted by atomic mass is 9.84. The largest absolute Gasteiger partial charge is 0.449 e. The van der Waals surface area contributed by atoms with E-state index < -0.39 is 0 Å². The average Bonchev–Trinajstić information content (AvgIpc) is 2.47. The van der Waals surface area contributed by atoms with Gasteiger partial charge in [0.2, 0.25) is 9.03 Å². The van der Waals surface area contributed by atoms with Crippen LogP contribution in [0.4, 0.5) is 0 Å². The van der Waals surface area contributed by atoms with Crippen molar-refractivity contribution >= 4 is 9.03 Å². The molecular formula is C18H23O2P. The van der Waals surface area contributed by atoms with Crippen molar-refractivity contribution in [1.29, 1.82) is 0 Å². The fourth-order valence-corrected chi connectivity index (χ4v) is 2.59. The number of hydrogen-bond acceptors (Lipinski definition) is 2. The monoisotopic (exact) mass is 302 g/mol. The quantitative estimate of drug-likeness (QED) is 0.530. The molecule has 0 heterocycles. The Kier molecular flexibility index (Phi) is 5.39. The van der Waals surface area contributed by atoms with Gasteiger partial charge in [-0.2, -0.15) is 0 Å². The molecule has 0 saturated carbocycles. The van der Waals surface area contributed by atoms with Crippen LogP contribution in [0.1, 0.15) is 33.3 Å². The van der Waals surface area contributed by atoms with Gasteiger partial charge in [0.15, 0.2) is 0 Å². The van der Waals surface area contributed by atoms with Crippen LogP contribution in [-0.2, 0) is 9.94 Å². The second kappa shape index (κ2) is 7.06. The molecule has 0 spiro atoms. The summed E-state index contributed by atoms with van der Waals surface area (Å²) in [6.07, 6.45) is 0. The Balaban J connectivity index is 2.36. The molecule has 112 valence electrons. The predicted octanol–water partition coefficient (Wildman–Crippen LogP) is 5.57. The molecule has 0 amide bonds. The first kappa shape index (κ1) is 16.0. The van der Waals surface area contributed by atoms with Crippen molar-refractivity contribution in [1.82, 2.24) is 0 Å². The minimum Gasteiger partial charge on any atom is -0.449 e. The summed E-state index contributed by atoms with van der Waals surface area (Å²) in [7, 11) is 0.0484. The van der Waals surface area contributed by atoms with E-state index >= 15 is 0 Å². The van der Waals surface area contributed by atoms with Gasteiger partial charge in [-0.25, -0.2) is 0 Å². The Labute approximate surface area is 129 Å². The van der Waals surface area contributed by atoms with Crippen LogP contribution in [0.3, 0.4) is 0 Å². The van der Waals surface area contributed by atoms with Crippen LogP contribution < -0.4 is 4.52 Å². The smallest absolute Gasteiger partial charge is 0.215 e. The van der Waals surface area contributed by atoms with E-state index in [0.29, 0.717) is 6.61 Å². The molecule has 0 aliphatic heterocycles. The van der Waals surface area contributed by atoms with Crippen molar-refractivity contribution in [3.8, 4) is 16.9 Å². The van der Waals surface area contributed by atoms with E-state index in [1.807, 2.05) is 13.0 Å². The minimum absolute atomic E-state index is 0.0246. The molecule has 1 unspecified atom stereocenters. The fourth-order valence-electron chi connectivity index (χ4n) is 2.15. The third-order valence-corrected chi connectivity index (χ3v) is 3.96. The Bertz CT molecular complexity index is 574. The lowest BCUT2D eigenvalue weighted by Gasteiger charge is -2.23. The van der Waals surface area contributed by atoms with Gasteiger partial charge in [0.25, 0.3) is 0 Å². The first-order valence-corrected chi connectivity index (χ1v) is 8.07. The summed E-state index contributed by atoms with van der Waals surface area (Å²) >= 11 is 0. The van der Waals surface area contributed by atoms with E-state index in [4.69, 9.17) is 9.05 Å². The number of benzene rings is 2. The summed E-state index contributed by atoms with van der Waals surface area (Å²) in [6.45, 7) is 9.25. The fraction of sp³-hybridized carbons (Fsp3) is 0.333. The SMILES string of the molecule is CCOPOc1ccc(-c2ccccc2)cc1C(C)(C)C. The normalized spacial score (nSPS) is 12.0. The Morgan fingerprint density at radius 2 is 1.67 bits per heavy atom. The highest BCUT2D eigenvalue weighted by molar-refractivity contribution is 7.26. The van der Waals surface area contributed by atoms with E-state index in [2.05, 4.69) is 63.2 Å². The molecule has 1 atom stereocenters. The number of hydrogen-bond donors (Lipinski definition) is 0. The van der Waals surface area contributed by atoms with Gasteiger partial charge in [-0.05, 0) is 35.6 Å². The first-order valence-electron chi connectivity index (χ1n) is 7.26. The van der Waals surface area contributed by atoms with Crippen LogP contribution in [0.2, 0.25) is 0 Å². The maximum absolute atomic E-state index is 5.80. The van der Waals surface area contributed by atoms with Crippen molar-refractivity contribution in [3.63, 3.8) is 0 Å². The molecule has 0 bridgehead atoms. The first-order chi connectivity index (χ1) is 10.0. The molecule has 2 aromatic rings. The van der Waals surface area contributed by atoms with Gasteiger partial charge in [-0.3, -0.25) is 0 Å². The molecule has 21 heavy (non-hydrogen) atoms. The molecule has 0 saturated heterocycles. The summed E-state index contributed by atoms with van der Waals surface area (Å²) < 4.78 is 11.1. The maximum atomic E-state index is 5.80. The zero-order valence-electron chi connectivity index (χ0n) is 13.1. The van der Waals surface area contributed by atoms with E-state index in [1.165, 1.54) is 16.7 Å². The Morgan fingerprint density at radius 1 is 0.952 bits per heavy atom. The Hall–Kier alpha value is -1.37. The van der Waals surface area contributed by atoms with Crippen LogP contribution in [0.25, 0.3) is 11.1 Å². The van der Waals surface area contributed by atoms with Crippen molar-refractivity contribution < 1.29 is 9.05 Å². The highest BCUT2D eigenvalue weighted by Gasteiger charge is 2.20. The van der Waals surface area contributed by atoms with Gasteiger partial charge < -0.3 is 9.05 Å². The van der Waals surface area contributed by atoms with Crippen molar-refractivity contribution in [2.45, 2.75) is 33.1 Å². The third kappa shape index (κ3) is 4.30. The lowest BCUT2D eigenvalue weighted by Crippen LogP contribution is -2.12. The average molecular weight is 302 g/mol. The topological polar surface area (TPSA) is 18.5 Å². The standard InChI is InChI=1S/C18H23O2P/c1-5-19-21-20-17-12-11-15(13-16(17)18(2,3)4)14-9-7-6-8-10-14/h6-13,21H,5H2,1-4H3. The Morgan fingerprint density at radius 3 is 2.29 bits per heavy atom. The third-order valence-electron chi connectivity index (χ3n) is 3.25. The lowest BCUT2D eigenvalue weighted by molar-refractivity contribution is 0.349. The molecule has 2 nitrogen and oxygen atoms in total. The van der Waals surface area contributed by atoms with Crippen LogP contribution in [0.15, 0.2) is 48.5 Å². The summed E-state index contributed by atoms with van der Waals surface area (Å²) in [5.74, 6) is 0.911. The van der Waals surface area contributed by atoms with E-state index in [0.717, 1.165) is 5.75 Å². The van der Waals surface area contributed by atoms with Crippen LogP contribution in [0, 0.1) is 0 Å². The highest BCUT2D eigenvalue weighted by Crippen LogP contribution is 2.37. The summed E-state index contributed by atoms with van der Waals surface area (Å²) in [5, 5.41) is 0. The molecule has 3 heteroatoms. The highest BCUT2D eigenvalue weighted by atomic mass is 31.1. The molecule has 2 rings (SSSR count). The molecule has 0 aliphatic rings. The van der Waals surface area contributed by atoms with Crippen molar-refractivity contribution in [3.05, 3.63) is 54.1 Å². The zero-order valence-corrected chi connectivity index (χ0v) is 14.1. The summed E-state index contributed by atoms with van der Waals surface area (Å²) in [5.41, 5.74) is 3.67. The second-order valence-electron chi connectivity index (χ2n) is 5.95. The van der Waals surface area contributed by atoms with Crippen LogP contribution in [-0.4, -0.2) is 6.61 Å². The molecule has 0 aliphatic carbocycles. The molecule has 0 aromatic heterocycles. The number of rotatable bonds is 5. The molecular weight excluding hydrogens is 279 g/mol. The van der Waals surface area contributed by atoms with Gasteiger partial charge in [0.1, 0.15) is 5.75 Å². The summed E-state index contributed by atoms with van der Waals surface area (Å²) in [4.78, 5) is 0. The predicted molar refractivity (Wildman–Crippen MR) is 91.1 cm³/mol. The van der Waals surface area contributed by atoms with E-state index in [1.54, 1.807) is 0 Å². The zero-order chi connectivity index (χ0) is 15.3. The van der Waals surface area contributed by atoms with E-state index in [9.17, 15) is 0 Å². The molecule has 0 radical (unpaired) electrons. The summed E-state index contributed by atoms with van der Waals surface area (Å²) in [6, 6.07) is 16.8.